The average Bonchev–Trinajstić information content (AvgIpc) is 2.46. The van der Waals surface area contributed by atoms with Gasteiger partial charge >= 0.3 is 6.09 Å². The molecule has 1 aliphatic heterocycles. The van der Waals surface area contributed by atoms with E-state index >= 15 is 0 Å². The van der Waals surface area contributed by atoms with E-state index in [9.17, 15) is 14.9 Å². The first-order chi connectivity index (χ1) is 9.90. The van der Waals surface area contributed by atoms with Gasteiger partial charge < -0.3 is 14.9 Å². The number of anilines is 1. The highest BCUT2D eigenvalue weighted by Gasteiger charge is 2.28. The van der Waals surface area contributed by atoms with Gasteiger partial charge in [0.15, 0.2) is 0 Å². The van der Waals surface area contributed by atoms with Crippen molar-refractivity contribution in [1.82, 2.24) is 4.90 Å². The molecular weight excluding hydrogens is 342 g/mol. The average molecular weight is 358 g/mol. The molecule has 1 amide bonds. The highest BCUT2D eigenvalue weighted by Crippen LogP contribution is 2.33. The minimum Gasteiger partial charge on any atom is -0.465 e. The van der Waals surface area contributed by atoms with E-state index < -0.39 is 11.0 Å². The molecule has 0 bridgehead atoms. The Morgan fingerprint density at radius 1 is 1.48 bits per heavy atom. The highest BCUT2D eigenvalue weighted by atomic mass is 79.9. The van der Waals surface area contributed by atoms with Gasteiger partial charge in [0.1, 0.15) is 5.69 Å². The van der Waals surface area contributed by atoms with Crippen LogP contribution in [0.5, 0.6) is 0 Å². The molecule has 1 heterocycles. The zero-order chi connectivity index (χ0) is 15.6. The first-order valence-electron chi connectivity index (χ1n) is 6.55. The fraction of sp³-hybridized carbons (Fsp3) is 0.462. The maximum absolute atomic E-state index is 11.1. The molecule has 0 aromatic heterocycles. The van der Waals surface area contributed by atoms with Crippen LogP contribution in [-0.4, -0.2) is 47.2 Å². The highest BCUT2D eigenvalue weighted by molar-refractivity contribution is 9.10. The lowest BCUT2D eigenvalue weighted by Gasteiger charge is -2.36. The molecule has 7 nitrogen and oxygen atoms in total. The van der Waals surface area contributed by atoms with Gasteiger partial charge in [-0.15, -0.1) is 0 Å². The second kappa shape index (κ2) is 6.30. The van der Waals surface area contributed by atoms with Gasteiger partial charge in [-0.05, 0) is 25.0 Å². The number of likely N-dealkylation sites (tertiary alicyclic amines) is 1. The molecule has 1 aromatic rings. The van der Waals surface area contributed by atoms with E-state index in [0.29, 0.717) is 31.6 Å². The monoisotopic (exact) mass is 357 g/mol. The van der Waals surface area contributed by atoms with Gasteiger partial charge in [-0.3, -0.25) is 10.1 Å². The summed E-state index contributed by atoms with van der Waals surface area (Å²) in [7, 11) is 1.82. The topological polar surface area (TPSA) is 86.9 Å². The molecule has 1 aromatic carbocycles. The van der Waals surface area contributed by atoms with Crippen molar-refractivity contribution in [3.8, 4) is 0 Å². The summed E-state index contributed by atoms with van der Waals surface area (Å²) >= 11 is 3.33. The maximum Gasteiger partial charge on any atom is 0.407 e. The number of nitro groups is 1. The number of nitrogens with zero attached hydrogens (tertiary/aromatic N) is 3. The zero-order valence-electron chi connectivity index (χ0n) is 11.5. The number of rotatable bonds is 3. The van der Waals surface area contributed by atoms with Gasteiger partial charge in [0.2, 0.25) is 0 Å². The second-order valence-corrected chi connectivity index (χ2v) is 5.92. The second-order valence-electron chi connectivity index (χ2n) is 5.00. The first kappa shape index (κ1) is 15.6. The molecule has 21 heavy (non-hydrogen) atoms. The third-order valence-corrected chi connectivity index (χ3v) is 4.29. The molecule has 114 valence electrons. The molecule has 0 radical (unpaired) electrons. The van der Waals surface area contributed by atoms with Crippen LogP contribution in [0.2, 0.25) is 0 Å². The molecule has 1 aliphatic rings. The molecule has 1 saturated heterocycles. The van der Waals surface area contributed by atoms with Crippen LogP contribution in [0.15, 0.2) is 22.7 Å². The van der Waals surface area contributed by atoms with E-state index in [4.69, 9.17) is 5.11 Å². The van der Waals surface area contributed by atoms with E-state index in [0.717, 1.165) is 4.47 Å². The van der Waals surface area contributed by atoms with Crippen LogP contribution in [-0.2, 0) is 0 Å². The van der Waals surface area contributed by atoms with Crippen molar-refractivity contribution < 1.29 is 14.8 Å². The summed E-state index contributed by atoms with van der Waals surface area (Å²) < 4.78 is 0.776. The number of benzene rings is 1. The lowest BCUT2D eigenvalue weighted by atomic mass is 10.0. The van der Waals surface area contributed by atoms with Gasteiger partial charge in [0.05, 0.1) is 4.92 Å². The quantitative estimate of drug-likeness (QED) is 0.663. The van der Waals surface area contributed by atoms with Crippen molar-refractivity contribution in [2.45, 2.75) is 18.9 Å². The van der Waals surface area contributed by atoms with E-state index in [-0.39, 0.29) is 11.7 Å². The molecule has 1 N–H and O–H groups in total. The number of amides is 1. The summed E-state index contributed by atoms with van der Waals surface area (Å²) in [5.41, 5.74) is 0.601. The summed E-state index contributed by atoms with van der Waals surface area (Å²) in [5, 5.41) is 20.1. The Labute approximate surface area is 130 Å². The zero-order valence-corrected chi connectivity index (χ0v) is 13.1. The van der Waals surface area contributed by atoms with Crippen LogP contribution >= 0.6 is 15.9 Å². The number of hydrogen-bond acceptors (Lipinski definition) is 4. The lowest BCUT2D eigenvalue weighted by Crippen LogP contribution is -2.45. The smallest absolute Gasteiger partial charge is 0.407 e. The van der Waals surface area contributed by atoms with Crippen molar-refractivity contribution in [3.63, 3.8) is 0 Å². The van der Waals surface area contributed by atoms with Crippen LogP contribution in [0.1, 0.15) is 12.8 Å². The van der Waals surface area contributed by atoms with Crippen molar-refractivity contribution in [2.75, 3.05) is 25.0 Å². The fourth-order valence-electron chi connectivity index (χ4n) is 2.57. The number of carbonyl (C=O) groups is 1. The number of nitro benzene ring substituents is 1. The van der Waals surface area contributed by atoms with Crippen molar-refractivity contribution in [3.05, 3.63) is 32.8 Å². The Bertz CT molecular complexity index is 558. The predicted octanol–water partition coefficient (Wildman–Crippen LogP) is 2.94. The van der Waals surface area contributed by atoms with E-state index in [1.54, 1.807) is 12.1 Å². The number of piperidine rings is 1. The normalized spacial score (nSPS) is 15.8. The van der Waals surface area contributed by atoms with E-state index in [1.165, 1.54) is 11.0 Å². The third-order valence-electron chi connectivity index (χ3n) is 3.80. The van der Waals surface area contributed by atoms with Crippen LogP contribution < -0.4 is 4.90 Å². The number of halogens is 1. The Morgan fingerprint density at radius 2 is 2.10 bits per heavy atom. The Hall–Kier alpha value is -1.83. The molecule has 8 heteroatoms. The summed E-state index contributed by atoms with van der Waals surface area (Å²) in [6.45, 7) is 0.901. The molecule has 0 aliphatic carbocycles. The van der Waals surface area contributed by atoms with Crippen molar-refractivity contribution in [2.24, 2.45) is 0 Å². The van der Waals surface area contributed by atoms with Crippen LogP contribution in [0.4, 0.5) is 16.2 Å². The van der Waals surface area contributed by atoms with Gasteiger partial charge in [-0.2, -0.15) is 0 Å². The molecule has 0 unspecified atom stereocenters. The maximum atomic E-state index is 11.1. The molecular formula is C13H16BrN3O4. The Kier molecular flexibility index (Phi) is 4.66. The summed E-state index contributed by atoms with van der Waals surface area (Å²) in [4.78, 5) is 24.9. The van der Waals surface area contributed by atoms with Crippen LogP contribution in [0.3, 0.4) is 0 Å². The van der Waals surface area contributed by atoms with Crippen LogP contribution in [0, 0.1) is 10.1 Å². The fourth-order valence-corrected chi connectivity index (χ4v) is 2.92. The minimum atomic E-state index is -0.912. The number of carboxylic acid groups (broad SMARTS) is 1. The Balaban J connectivity index is 2.17. The van der Waals surface area contributed by atoms with Gasteiger partial charge in [0, 0.05) is 36.7 Å². The lowest BCUT2D eigenvalue weighted by molar-refractivity contribution is -0.384. The minimum absolute atomic E-state index is 0.0568. The molecule has 0 atom stereocenters. The van der Waals surface area contributed by atoms with E-state index in [2.05, 4.69) is 15.9 Å². The van der Waals surface area contributed by atoms with Crippen molar-refractivity contribution >= 4 is 33.4 Å². The molecule has 2 rings (SSSR count). The van der Waals surface area contributed by atoms with Crippen LogP contribution in [0.25, 0.3) is 0 Å². The third kappa shape index (κ3) is 3.44. The summed E-state index contributed by atoms with van der Waals surface area (Å²) in [6.07, 6.45) is 0.406. The molecule has 0 spiro atoms. The standard InChI is InChI=1S/C13H16BrN3O4/c1-15(10-4-6-16(7-5-10)13(18)19)12-8-9(14)2-3-11(12)17(20)21/h2-3,8,10H,4-7H2,1H3,(H,18,19). The Morgan fingerprint density at radius 3 is 2.62 bits per heavy atom. The molecule has 0 saturated carbocycles. The number of hydrogen-bond donors (Lipinski definition) is 1. The van der Waals surface area contributed by atoms with Crippen molar-refractivity contribution in [1.29, 1.82) is 0 Å². The largest absolute Gasteiger partial charge is 0.465 e. The SMILES string of the molecule is CN(c1cc(Br)ccc1[N+](=O)[O-])C1CCN(C(=O)O)CC1. The summed E-state index contributed by atoms with van der Waals surface area (Å²) in [6, 6.07) is 4.93. The van der Waals surface area contributed by atoms with Gasteiger partial charge in [0.25, 0.3) is 5.69 Å². The van der Waals surface area contributed by atoms with E-state index in [1.807, 2.05) is 11.9 Å². The van der Waals surface area contributed by atoms with Gasteiger partial charge in [-0.1, -0.05) is 15.9 Å². The van der Waals surface area contributed by atoms with Gasteiger partial charge in [-0.25, -0.2) is 4.79 Å². The first-order valence-corrected chi connectivity index (χ1v) is 7.34. The predicted molar refractivity (Wildman–Crippen MR) is 81.8 cm³/mol. The molecule has 1 fully saturated rings. The summed E-state index contributed by atoms with van der Waals surface area (Å²) in [5.74, 6) is 0.